The van der Waals surface area contributed by atoms with E-state index in [0.717, 1.165) is 35.1 Å². The summed E-state index contributed by atoms with van der Waals surface area (Å²) in [4.78, 5) is 11.4. The highest BCUT2D eigenvalue weighted by atomic mass is 16.4. The van der Waals surface area contributed by atoms with Crippen LogP contribution in [0.1, 0.15) is 41.3 Å². The maximum absolute atomic E-state index is 11.4. The maximum atomic E-state index is 11.4. The highest BCUT2D eigenvalue weighted by Crippen LogP contribution is 2.26. The van der Waals surface area contributed by atoms with Gasteiger partial charge in [0.15, 0.2) is 0 Å². The van der Waals surface area contributed by atoms with E-state index in [-0.39, 0.29) is 0 Å². The number of unbranched alkanes of at least 4 members (excludes halogenated alkanes) is 1. The van der Waals surface area contributed by atoms with Crippen molar-refractivity contribution in [1.82, 2.24) is 0 Å². The lowest BCUT2D eigenvalue weighted by Gasteiger charge is -2.08. The van der Waals surface area contributed by atoms with E-state index in [0.29, 0.717) is 5.56 Å². The monoisotopic (exact) mass is 280 g/mol. The zero-order valence-electron chi connectivity index (χ0n) is 12.5. The molecule has 0 atom stereocenters. The number of hydrogen-bond acceptors (Lipinski definition) is 1. The number of carboxylic acids is 1. The Kier molecular flexibility index (Phi) is 4.94. The summed E-state index contributed by atoms with van der Waals surface area (Å²) in [7, 11) is 0. The van der Waals surface area contributed by atoms with E-state index in [2.05, 4.69) is 13.0 Å². The van der Waals surface area contributed by atoms with E-state index in [1.807, 2.05) is 49.4 Å². The van der Waals surface area contributed by atoms with Gasteiger partial charge in [0.25, 0.3) is 0 Å². The number of benzene rings is 2. The van der Waals surface area contributed by atoms with Crippen LogP contribution in [0.2, 0.25) is 0 Å². The SMILES string of the molecule is CCC/C=C/c1ccc(C(=O)O)c(-c2ccc(C)cc2)c1. The Labute approximate surface area is 125 Å². The fourth-order valence-electron chi connectivity index (χ4n) is 2.21. The molecule has 0 saturated carbocycles. The van der Waals surface area contributed by atoms with E-state index < -0.39 is 5.97 Å². The van der Waals surface area contributed by atoms with E-state index in [4.69, 9.17) is 0 Å². The van der Waals surface area contributed by atoms with Gasteiger partial charge in [-0.25, -0.2) is 4.79 Å². The highest BCUT2D eigenvalue weighted by molar-refractivity contribution is 5.96. The number of rotatable bonds is 5. The lowest BCUT2D eigenvalue weighted by Crippen LogP contribution is -1.99. The minimum Gasteiger partial charge on any atom is -0.478 e. The van der Waals surface area contributed by atoms with Crippen molar-refractivity contribution in [3.05, 3.63) is 65.2 Å². The molecular formula is C19H20O2. The first kappa shape index (κ1) is 15.0. The Balaban J connectivity index is 2.46. The van der Waals surface area contributed by atoms with Crippen LogP contribution in [0.25, 0.3) is 17.2 Å². The minimum atomic E-state index is -0.894. The predicted octanol–water partition coefficient (Wildman–Crippen LogP) is 5.17. The van der Waals surface area contributed by atoms with Gasteiger partial charge >= 0.3 is 5.97 Å². The molecule has 2 heteroatoms. The molecule has 1 N–H and O–H groups in total. The largest absolute Gasteiger partial charge is 0.478 e. The fraction of sp³-hybridized carbons (Fsp3) is 0.211. The summed E-state index contributed by atoms with van der Waals surface area (Å²) < 4.78 is 0. The predicted molar refractivity (Wildman–Crippen MR) is 87.5 cm³/mol. The standard InChI is InChI=1S/C19H20O2/c1-3-4-5-6-15-9-12-17(19(20)21)18(13-15)16-10-7-14(2)8-11-16/h5-13H,3-4H2,1-2H3,(H,20,21)/b6-5+. The average molecular weight is 280 g/mol. The molecule has 0 aromatic heterocycles. The Hall–Kier alpha value is -2.35. The van der Waals surface area contributed by atoms with E-state index in [1.165, 1.54) is 0 Å². The number of hydrogen-bond donors (Lipinski definition) is 1. The molecule has 0 heterocycles. The van der Waals surface area contributed by atoms with Crippen LogP contribution in [0.5, 0.6) is 0 Å². The third kappa shape index (κ3) is 3.82. The molecule has 0 aliphatic rings. The van der Waals surface area contributed by atoms with Crippen LogP contribution < -0.4 is 0 Å². The van der Waals surface area contributed by atoms with Crippen molar-refractivity contribution in [2.24, 2.45) is 0 Å². The summed E-state index contributed by atoms with van der Waals surface area (Å²) in [6.07, 6.45) is 6.30. The third-order valence-electron chi connectivity index (χ3n) is 3.40. The Morgan fingerprint density at radius 1 is 1.14 bits per heavy atom. The van der Waals surface area contributed by atoms with Gasteiger partial charge in [-0.05, 0) is 42.2 Å². The zero-order valence-corrected chi connectivity index (χ0v) is 12.5. The molecule has 2 aromatic carbocycles. The smallest absolute Gasteiger partial charge is 0.336 e. The number of carboxylic acid groups (broad SMARTS) is 1. The van der Waals surface area contributed by atoms with Crippen LogP contribution in [0.15, 0.2) is 48.5 Å². The molecule has 0 spiro atoms. The van der Waals surface area contributed by atoms with Gasteiger partial charge in [-0.15, -0.1) is 0 Å². The molecule has 0 radical (unpaired) electrons. The molecule has 0 aliphatic carbocycles. The van der Waals surface area contributed by atoms with Crippen molar-refractivity contribution in [2.45, 2.75) is 26.7 Å². The molecule has 0 bridgehead atoms. The average Bonchev–Trinajstić information content (AvgIpc) is 2.48. The number of aryl methyl sites for hydroxylation is 1. The summed E-state index contributed by atoms with van der Waals surface area (Å²) in [5, 5.41) is 9.37. The molecule has 108 valence electrons. The number of allylic oxidation sites excluding steroid dienone is 1. The van der Waals surface area contributed by atoms with Crippen LogP contribution >= 0.6 is 0 Å². The van der Waals surface area contributed by atoms with Gasteiger partial charge in [0.1, 0.15) is 0 Å². The topological polar surface area (TPSA) is 37.3 Å². The first-order chi connectivity index (χ1) is 10.1. The number of aromatic carboxylic acids is 1. The molecule has 0 amide bonds. The molecule has 2 nitrogen and oxygen atoms in total. The van der Waals surface area contributed by atoms with E-state index in [1.54, 1.807) is 6.07 Å². The van der Waals surface area contributed by atoms with Gasteiger partial charge in [-0.3, -0.25) is 0 Å². The van der Waals surface area contributed by atoms with Crippen molar-refractivity contribution < 1.29 is 9.90 Å². The molecule has 0 fully saturated rings. The molecule has 0 aliphatic heterocycles. The first-order valence-electron chi connectivity index (χ1n) is 7.22. The molecule has 2 aromatic rings. The van der Waals surface area contributed by atoms with Gasteiger partial charge in [0, 0.05) is 0 Å². The highest BCUT2D eigenvalue weighted by Gasteiger charge is 2.11. The third-order valence-corrected chi connectivity index (χ3v) is 3.40. The molecule has 0 saturated heterocycles. The van der Waals surface area contributed by atoms with Crippen molar-refractivity contribution >= 4 is 12.0 Å². The van der Waals surface area contributed by atoms with Crippen LogP contribution in [0.4, 0.5) is 0 Å². The van der Waals surface area contributed by atoms with Crippen LogP contribution in [-0.2, 0) is 0 Å². The zero-order chi connectivity index (χ0) is 15.2. The summed E-state index contributed by atoms with van der Waals surface area (Å²) in [6, 6.07) is 13.4. The second-order valence-corrected chi connectivity index (χ2v) is 5.17. The van der Waals surface area contributed by atoms with Crippen LogP contribution in [-0.4, -0.2) is 11.1 Å². The molecular weight excluding hydrogens is 260 g/mol. The Bertz CT molecular complexity index is 652. The maximum Gasteiger partial charge on any atom is 0.336 e. The number of carbonyl (C=O) groups is 1. The Morgan fingerprint density at radius 2 is 1.86 bits per heavy atom. The van der Waals surface area contributed by atoms with Crippen LogP contribution in [0, 0.1) is 6.92 Å². The summed E-state index contributed by atoms with van der Waals surface area (Å²) in [5.74, 6) is -0.894. The molecule has 0 unspecified atom stereocenters. The Morgan fingerprint density at radius 3 is 2.48 bits per heavy atom. The lowest BCUT2D eigenvalue weighted by atomic mass is 9.96. The second-order valence-electron chi connectivity index (χ2n) is 5.17. The van der Waals surface area contributed by atoms with E-state index in [9.17, 15) is 9.90 Å². The fourth-order valence-corrected chi connectivity index (χ4v) is 2.21. The van der Waals surface area contributed by atoms with Crippen molar-refractivity contribution in [1.29, 1.82) is 0 Å². The van der Waals surface area contributed by atoms with Gasteiger partial charge in [-0.1, -0.05) is 61.4 Å². The summed E-state index contributed by atoms with van der Waals surface area (Å²) in [5.41, 5.74) is 4.23. The van der Waals surface area contributed by atoms with Gasteiger partial charge in [0.2, 0.25) is 0 Å². The van der Waals surface area contributed by atoms with Crippen molar-refractivity contribution in [3.8, 4) is 11.1 Å². The van der Waals surface area contributed by atoms with Crippen molar-refractivity contribution in [2.75, 3.05) is 0 Å². The quantitative estimate of drug-likeness (QED) is 0.820. The summed E-state index contributed by atoms with van der Waals surface area (Å²) >= 11 is 0. The lowest BCUT2D eigenvalue weighted by molar-refractivity contribution is 0.0697. The molecule has 21 heavy (non-hydrogen) atoms. The summed E-state index contributed by atoms with van der Waals surface area (Å²) in [6.45, 7) is 4.15. The first-order valence-corrected chi connectivity index (χ1v) is 7.22. The van der Waals surface area contributed by atoms with Gasteiger partial charge < -0.3 is 5.11 Å². The van der Waals surface area contributed by atoms with Gasteiger partial charge in [0.05, 0.1) is 5.56 Å². The second kappa shape index (κ2) is 6.89. The minimum absolute atomic E-state index is 0.339. The van der Waals surface area contributed by atoms with Crippen molar-refractivity contribution in [3.63, 3.8) is 0 Å². The van der Waals surface area contributed by atoms with Gasteiger partial charge in [-0.2, -0.15) is 0 Å². The van der Waals surface area contributed by atoms with Crippen LogP contribution in [0.3, 0.4) is 0 Å². The van der Waals surface area contributed by atoms with E-state index >= 15 is 0 Å². The normalized spacial score (nSPS) is 11.0. The molecule has 2 rings (SSSR count).